The second kappa shape index (κ2) is 8.01. The summed E-state index contributed by atoms with van der Waals surface area (Å²) in [7, 11) is -3.57. The Morgan fingerprint density at radius 1 is 1.15 bits per heavy atom. The molecule has 2 aromatic carbocycles. The first-order valence-electron chi connectivity index (χ1n) is 8.28. The average Bonchev–Trinajstić information content (AvgIpc) is 3.43. The summed E-state index contributed by atoms with van der Waals surface area (Å²) in [6.45, 7) is -2.80. The highest BCUT2D eigenvalue weighted by Gasteiger charge is 2.27. The predicted molar refractivity (Wildman–Crippen MR) is 94.0 cm³/mol. The van der Waals surface area contributed by atoms with E-state index < -0.39 is 22.5 Å². The highest BCUT2D eigenvalue weighted by Crippen LogP contribution is 2.22. The Hall–Kier alpha value is -2.52. The molecule has 3 rings (SSSR count). The molecule has 0 heterocycles. The van der Waals surface area contributed by atoms with Gasteiger partial charge in [0.1, 0.15) is 5.75 Å². The van der Waals surface area contributed by atoms with Crippen LogP contribution in [-0.2, 0) is 16.6 Å². The first-order chi connectivity index (χ1) is 12.8. The number of benzene rings is 2. The van der Waals surface area contributed by atoms with Crippen molar-refractivity contribution in [2.24, 2.45) is 0 Å². The van der Waals surface area contributed by atoms with Crippen LogP contribution in [0.2, 0.25) is 0 Å². The molecule has 0 radical (unpaired) electrons. The predicted octanol–water partition coefficient (Wildman–Crippen LogP) is 2.66. The molecule has 27 heavy (non-hydrogen) atoms. The number of alkyl halides is 2. The number of rotatable bonds is 8. The fraction of sp³-hybridized carbons (Fsp3) is 0.278. The van der Waals surface area contributed by atoms with Crippen molar-refractivity contribution >= 4 is 15.9 Å². The summed E-state index contributed by atoms with van der Waals surface area (Å²) < 4.78 is 55.6. The highest BCUT2D eigenvalue weighted by molar-refractivity contribution is 7.89. The monoisotopic (exact) mass is 396 g/mol. The van der Waals surface area contributed by atoms with E-state index in [2.05, 4.69) is 14.8 Å². The molecule has 0 atom stereocenters. The van der Waals surface area contributed by atoms with Gasteiger partial charge in [0, 0.05) is 18.2 Å². The summed E-state index contributed by atoms with van der Waals surface area (Å²) in [5, 5.41) is 2.65. The van der Waals surface area contributed by atoms with E-state index in [0.29, 0.717) is 11.1 Å². The Kier molecular flexibility index (Phi) is 5.71. The van der Waals surface area contributed by atoms with Gasteiger partial charge in [-0.25, -0.2) is 13.1 Å². The smallest absolute Gasteiger partial charge is 0.387 e. The van der Waals surface area contributed by atoms with E-state index in [-0.39, 0.29) is 23.2 Å². The van der Waals surface area contributed by atoms with Crippen molar-refractivity contribution in [3.63, 3.8) is 0 Å². The Morgan fingerprint density at radius 2 is 1.85 bits per heavy atom. The Bertz CT molecular complexity index is 913. The van der Waals surface area contributed by atoms with Crippen molar-refractivity contribution in [3.8, 4) is 5.75 Å². The Balaban J connectivity index is 1.59. The van der Waals surface area contributed by atoms with Gasteiger partial charge < -0.3 is 10.1 Å². The number of carbonyl (C=O) groups excluding carboxylic acids is 1. The third-order valence-corrected chi connectivity index (χ3v) is 5.44. The molecule has 2 N–H and O–H groups in total. The minimum Gasteiger partial charge on any atom is -0.435 e. The molecule has 1 aliphatic carbocycles. The number of nitrogens with one attached hydrogen (secondary N) is 2. The Morgan fingerprint density at radius 3 is 2.48 bits per heavy atom. The van der Waals surface area contributed by atoms with E-state index in [1.165, 1.54) is 36.4 Å². The molecule has 144 valence electrons. The molecular weight excluding hydrogens is 378 g/mol. The van der Waals surface area contributed by atoms with Gasteiger partial charge in [-0.3, -0.25) is 4.79 Å². The third-order valence-electron chi connectivity index (χ3n) is 3.90. The van der Waals surface area contributed by atoms with E-state index in [4.69, 9.17) is 0 Å². The summed E-state index contributed by atoms with van der Waals surface area (Å²) in [5.41, 5.74) is 0.884. The molecule has 1 saturated carbocycles. The van der Waals surface area contributed by atoms with Gasteiger partial charge >= 0.3 is 6.61 Å². The van der Waals surface area contributed by atoms with Crippen LogP contribution in [0.5, 0.6) is 5.75 Å². The van der Waals surface area contributed by atoms with Crippen LogP contribution in [0.1, 0.15) is 28.8 Å². The van der Waals surface area contributed by atoms with Crippen LogP contribution in [0.15, 0.2) is 53.4 Å². The molecule has 1 fully saturated rings. The SMILES string of the molecule is O=C(NCc1cccc(OC(F)F)c1)c1ccc(S(=O)(=O)NC2CC2)cc1. The fourth-order valence-corrected chi connectivity index (χ4v) is 3.70. The van der Waals surface area contributed by atoms with Gasteiger partial charge in [0.15, 0.2) is 0 Å². The van der Waals surface area contributed by atoms with Gasteiger partial charge in [-0.05, 0) is 54.8 Å². The van der Waals surface area contributed by atoms with Gasteiger partial charge in [-0.2, -0.15) is 8.78 Å². The van der Waals surface area contributed by atoms with Gasteiger partial charge in [0.05, 0.1) is 4.90 Å². The molecule has 0 spiro atoms. The normalized spacial score (nSPS) is 14.2. The van der Waals surface area contributed by atoms with Crippen LogP contribution in [0, 0.1) is 0 Å². The zero-order valence-electron chi connectivity index (χ0n) is 14.2. The molecule has 1 amide bonds. The molecule has 0 unspecified atom stereocenters. The maximum atomic E-state index is 12.2. The van der Waals surface area contributed by atoms with Gasteiger partial charge in [0.2, 0.25) is 10.0 Å². The first kappa shape index (κ1) is 19.2. The van der Waals surface area contributed by atoms with Crippen LogP contribution in [0.3, 0.4) is 0 Å². The number of ether oxygens (including phenoxy) is 1. The van der Waals surface area contributed by atoms with Crippen LogP contribution in [-0.4, -0.2) is 27.0 Å². The zero-order chi connectivity index (χ0) is 19.4. The molecule has 6 nitrogen and oxygen atoms in total. The summed E-state index contributed by atoms with van der Waals surface area (Å²) in [5.74, 6) is -0.399. The van der Waals surface area contributed by atoms with Gasteiger partial charge in [0.25, 0.3) is 5.91 Å². The number of hydrogen-bond acceptors (Lipinski definition) is 4. The van der Waals surface area contributed by atoms with Crippen LogP contribution >= 0.6 is 0 Å². The molecule has 1 aliphatic rings. The van der Waals surface area contributed by atoms with Crippen molar-refractivity contribution in [2.45, 2.75) is 36.9 Å². The lowest BCUT2D eigenvalue weighted by molar-refractivity contribution is -0.0498. The summed E-state index contributed by atoms with van der Waals surface area (Å²) in [6.07, 6.45) is 1.67. The second-order valence-corrected chi connectivity index (χ2v) is 7.84. The standard InChI is InChI=1S/C18H18F2N2O4S/c19-18(20)26-15-3-1-2-12(10-15)11-21-17(23)13-4-8-16(9-5-13)27(24,25)22-14-6-7-14/h1-5,8-10,14,18,22H,6-7,11H2,(H,21,23). The Labute approximate surface area is 155 Å². The van der Waals surface area contributed by atoms with Crippen LogP contribution < -0.4 is 14.8 Å². The minimum atomic E-state index is -3.57. The number of sulfonamides is 1. The topological polar surface area (TPSA) is 84.5 Å². The van der Waals surface area contributed by atoms with E-state index in [1.807, 2.05) is 0 Å². The van der Waals surface area contributed by atoms with Crippen molar-refractivity contribution in [3.05, 3.63) is 59.7 Å². The molecule has 0 bridgehead atoms. The third kappa shape index (κ3) is 5.48. The van der Waals surface area contributed by atoms with Crippen LogP contribution in [0.25, 0.3) is 0 Å². The lowest BCUT2D eigenvalue weighted by atomic mass is 10.2. The number of carbonyl (C=O) groups is 1. The van der Waals surface area contributed by atoms with E-state index >= 15 is 0 Å². The van der Waals surface area contributed by atoms with Gasteiger partial charge in [-0.15, -0.1) is 0 Å². The number of hydrogen-bond donors (Lipinski definition) is 2. The van der Waals surface area contributed by atoms with Crippen molar-refractivity contribution in [1.29, 1.82) is 0 Å². The lowest BCUT2D eigenvalue weighted by Crippen LogP contribution is -2.26. The summed E-state index contributed by atoms with van der Waals surface area (Å²) in [6, 6.07) is 11.6. The van der Waals surface area contributed by atoms with Crippen molar-refractivity contribution < 1.29 is 26.7 Å². The fourth-order valence-electron chi connectivity index (χ4n) is 2.39. The van der Waals surface area contributed by atoms with E-state index in [9.17, 15) is 22.0 Å². The van der Waals surface area contributed by atoms with E-state index in [1.54, 1.807) is 12.1 Å². The first-order valence-corrected chi connectivity index (χ1v) is 9.76. The zero-order valence-corrected chi connectivity index (χ0v) is 15.0. The summed E-state index contributed by atoms with van der Waals surface area (Å²) in [4.78, 5) is 12.3. The van der Waals surface area contributed by atoms with Crippen molar-refractivity contribution in [1.82, 2.24) is 10.0 Å². The molecule has 2 aromatic rings. The molecule has 0 aromatic heterocycles. The lowest BCUT2D eigenvalue weighted by Gasteiger charge is -2.09. The average molecular weight is 396 g/mol. The summed E-state index contributed by atoms with van der Waals surface area (Å²) >= 11 is 0. The molecular formula is C18H18F2N2O4S. The maximum absolute atomic E-state index is 12.2. The quantitative estimate of drug-likeness (QED) is 0.719. The number of halogens is 2. The largest absolute Gasteiger partial charge is 0.435 e. The van der Waals surface area contributed by atoms with Gasteiger partial charge in [-0.1, -0.05) is 12.1 Å². The van der Waals surface area contributed by atoms with Crippen LogP contribution in [0.4, 0.5) is 8.78 Å². The number of amides is 1. The maximum Gasteiger partial charge on any atom is 0.387 e. The highest BCUT2D eigenvalue weighted by atomic mass is 32.2. The van der Waals surface area contributed by atoms with E-state index in [0.717, 1.165) is 12.8 Å². The minimum absolute atomic E-state index is 0.00258. The second-order valence-electron chi connectivity index (χ2n) is 6.13. The van der Waals surface area contributed by atoms with Crippen molar-refractivity contribution in [2.75, 3.05) is 0 Å². The molecule has 0 saturated heterocycles. The molecule has 9 heteroatoms. The molecule has 0 aliphatic heterocycles.